The van der Waals surface area contributed by atoms with Crippen LogP contribution in [0.25, 0.3) is 0 Å². The Labute approximate surface area is 120 Å². The quantitative estimate of drug-likeness (QED) is 0.670. The molecular formula is C14H12N2O5. The summed E-state index contributed by atoms with van der Waals surface area (Å²) in [5, 5.41) is 19.6. The van der Waals surface area contributed by atoms with E-state index in [0.29, 0.717) is 16.9 Å². The highest BCUT2D eigenvalue weighted by Crippen LogP contribution is 2.23. The van der Waals surface area contributed by atoms with Crippen LogP contribution < -0.4 is 4.74 Å². The zero-order chi connectivity index (χ0) is 15.4. The van der Waals surface area contributed by atoms with Crippen LogP contribution in [0.5, 0.6) is 5.75 Å². The Bertz CT molecular complexity index is 700. The van der Waals surface area contributed by atoms with Gasteiger partial charge in [0.1, 0.15) is 18.1 Å². The molecule has 2 rings (SSSR count). The summed E-state index contributed by atoms with van der Waals surface area (Å²) in [7, 11) is 0. The first kappa shape index (κ1) is 14.4. The summed E-state index contributed by atoms with van der Waals surface area (Å²) in [5.74, 6) is -0.630. The molecule has 7 heteroatoms. The van der Waals surface area contributed by atoms with Gasteiger partial charge in [-0.3, -0.25) is 10.1 Å². The molecule has 0 radical (unpaired) electrons. The fourth-order valence-corrected chi connectivity index (χ4v) is 1.77. The molecule has 1 aromatic carbocycles. The number of benzene rings is 1. The molecule has 1 aromatic heterocycles. The standard InChI is InChI=1S/C14H12N2O5/c1-9-6-11(2-3-13(9)16(19)20)21-8-10-4-5-15-12(7-10)14(17)18/h2-7H,8H2,1H3,(H,17,18). The second kappa shape index (κ2) is 6.00. The number of aromatic nitrogens is 1. The molecule has 0 fully saturated rings. The number of nitro benzene ring substituents is 1. The summed E-state index contributed by atoms with van der Waals surface area (Å²) >= 11 is 0. The van der Waals surface area contributed by atoms with Crippen molar-refractivity contribution in [2.75, 3.05) is 0 Å². The van der Waals surface area contributed by atoms with E-state index in [2.05, 4.69) is 4.98 Å². The predicted molar refractivity (Wildman–Crippen MR) is 73.4 cm³/mol. The molecule has 0 saturated carbocycles. The van der Waals surface area contributed by atoms with Gasteiger partial charge < -0.3 is 9.84 Å². The van der Waals surface area contributed by atoms with Crippen molar-refractivity contribution in [2.24, 2.45) is 0 Å². The summed E-state index contributed by atoms with van der Waals surface area (Å²) in [6.45, 7) is 1.78. The largest absolute Gasteiger partial charge is 0.489 e. The lowest BCUT2D eigenvalue weighted by atomic mass is 10.2. The van der Waals surface area contributed by atoms with Crippen molar-refractivity contribution in [2.45, 2.75) is 13.5 Å². The number of aromatic carboxylic acids is 1. The third kappa shape index (κ3) is 3.53. The molecule has 2 aromatic rings. The Kier molecular flexibility index (Phi) is 4.13. The van der Waals surface area contributed by atoms with Crippen LogP contribution in [-0.2, 0) is 6.61 Å². The molecule has 108 valence electrons. The van der Waals surface area contributed by atoms with E-state index in [9.17, 15) is 14.9 Å². The van der Waals surface area contributed by atoms with Crippen molar-refractivity contribution < 1.29 is 19.6 Å². The monoisotopic (exact) mass is 288 g/mol. The maximum atomic E-state index is 10.8. The van der Waals surface area contributed by atoms with E-state index in [1.54, 1.807) is 19.1 Å². The van der Waals surface area contributed by atoms with Gasteiger partial charge in [-0.15, -0.1) is 0 Å². The molecule has 0 aliphatic carbocycles. The number of pyridine rings is 1. The number of nitro groups is 1. The van der Waals surface area contributed by atoms with Crippen molar-refractivity contribution in [3.05, 3.63) is 63.5 Å². The van der Waals surface area contributed by atoms with Gasteiger partial charge in [-0.1, -0.05) is 0 Å². The molecule has 0 aliphatic rings. The third-order valence-corrected chi connectivity index (χ3v) is 2.81. The Morgan fingerprint density at radius 1 is 1.38 bits per heavy atom. The number of carbonyl (C=O) groups is 1. The van der Waals surface area contributed by atoms with Crippen LogP contribution in [0, 0.1) is 17.0 Å². The van der Waals surface area contributed by atoms with Gasteiger partial charge in [0.2, 0.25) is 0 Å². The lowest BCUT2D eigenvalue weighted by Crippen LogP contribution is -2.03. The summed E-state index contributed by atoms with van der Waals surface area (Å²) in [6.07, 6.45) is 1.39. The van der Waals surface area contributed by atoms with Crippen LogP contribution in [0.2, 0.25) is 0 Å². The number of carboxylic acids is 1. The van der Waals surface area contributed by atoms with Gasteiger partial charge in [0, 0.05) is 17.8 Å². The Morgan fingerprint density at radius 3 is 2.76 bits per heavy atom. The third-order valence-electron chi connectivity index (χ3n) is 2.81. The predicted octanol–water partition coefficient (Wildman–Crippen LogP) is 2.58. The molecule has 21 heavy (non-hydrogen) atoms. The second-order valence-corrected chi connectivity index (χ2v) is 4.35. The first-order chi connectivity index (χ1) is 9.97. The van der Waals surface area contributed by atoms with Crippen LogP contribution >= 0.6 is 0 Å². The molecule has 0 atom stereocenters. The Balaban J connectivity index is 2.10. The average Bonchev–Trinajstić information content (AvgIpc) is 2.45. The van der Waals surface area contributed by atoms with Crippen LogP contribution in [0.3, 0.4) is 0 Å². The summed E-state index contributed by atoms with van der Waals surface area (Å²) in [6, 6.07) is 7.51. The Hall–Kier alpha value is -2.96. The van der Waals surface area contributed by atoms with Crippen molar-refractivity contribution in [1.29, 1.82) is 0 Å². The van der Waals surface area contributed by atoms with Crippen molar-refractivity contribution in [1.82, 2.24) is 4.98 Å². The maximum absolute atomic E-state index is 10.8. The van der Waals surface area contributed by atoms with Crippen LogP contribution in [0.4, 0.5) is 5.69 Å². The molecule has 0 amide bonds. The van der Waals surface area contributed by atoms with Gasteiger partial charge in [-0.25, -0.2) is 9.78 Å². The number of hydrogen-bond donors (Lipinski definition) is 1. The van der Waals surface area contributed by atoms with Gasteiger partial charge >= 0.3 is 5.97 Å². The van der Waals surface area contributed by atoms with E-state index in [0.717, 1.165) is 0 Å². The molecule has 0 aliphatic heterocycles. The van der Waals surface area contributed by atoms with Gasteiger partial charge in [0.15, 0.2) is 0 Å². The maximum Gasteiger partial charge on any atom is 0.354 e. The topological polar surface area (TPSA) is 103 Å². The van der Waals surface area contributed by atoms with E-state index in [1.165, 1.54) is 24.4 Å². The minimum absolute atomic E-state index is 0.0272. The highest BCUT2D eigenvalue weighted by atomic mass is 16.6. The Morgan fingerprint density at radius 2 is 2.14 bits per heavy atom. The molecule has 0 unspecified atom stereocenters. The molecule has 0 spiro atoms. The van der Waals surface area contributed by atoms with E-state index in [4.69, 9.17) is 9.84 Å². The summed E-state index contributed by atoms with van der Waals surface area (Å²) in [4.78, 5) is 24.8. The van der Waals surface area contributed by atoms with Crippen molar-refractivity contribution >= 4 is 11.7 Å². The highest BCUT2D eigenvalue weighted by molar-refractivity contribution is 5.85. The number of aryl methyl sites for hydroxylation is 1. The summed E-state index contributed by atoms with van der Waals surface area (Å²) in [5.41, 5.74) is 1.12. The van der Waals surface area contributed by atoms with Crippen molar-refractivity contribution in [3.8, 4) is 5.75 Å². The van der Waals surface area contributed by atoms with Crippen LogP contribution in [0.1, 0.15) is 21.6 Å². The fraction of sp³-hybridized carbons (Fsp3) is 0.143. The average molecular weight is 288 g/mol. The number of nitrogens with zero attached hydrogens (tertiary/aromatic N) is 2. The van der Waals surface area contributed by atoms with Crippen LogP contribution in [0.15, 0.2) is 36.5 Å². The van der Waals surface area contributed by atoms with Crippen LogP contribution in [-0.4, -0.2) is 21.0 Å². The summed E-state index contributed by atoms with van der Waals surface area (Å²) < 4.78 is 5.50. The normalized spacial score (nSPS) is 10.1. The van der Waals surface area contributed by atoms with Crippen molar-refractivity contribution in [3.63, 3.8) is 0 Å². The van der Waals surface area contributed by atoms with Gasteiger partial charge in [-0.05, 0) is 36.8 Å². The highest BCUT2D eigenvalue weighted by Gasteiger charge is 2.11. The fourth-order valence-electron chi connectivity index (χ4n) is 1.77. The molecule has 1 N–H and O–H groups in total. The van der Waals surface area contributed by atoms with E-state index in [1.807, 2.05) is 0 Å². The van der Waals surface area contributed by atoms with Gasteiger partial charge in [0.25, 0.3) is 5.69 Å². The number of ether oxygens (including phenoxy) is 1. The molecule has 7 nitrogen and oxygen atoms in total. The lowest BCUT2D eigenvalue weighted by Gasteiger charge is -2.07. The minimum Gasteiger partial charge on any atom is -0.489 e. The molecule has 0 saturated heterocycles. The number of hydrogen-bond acceptors (Lipinski definition) is 5. The lowest BCUT2D eigenvalue weighted by molar-refractivity contribution is -0.385. The number of carboxylic acid groups (broad SMARTS) is 1. The zero-order valence-electron chi connectivity index (χ0n) is 11.1. The van der Waals surface area contributed by atoms with E-state index < -0.39 is 10.9 Å². The zero-order valence-corrected chi connectivity index (χ0v) is 11.1. The SMILES string of the molecule is Cc1cc(OCc2ccnc(C(=O)O)c2)ccc1[N+](=O)[O-]. The molecule has 0 bridgehead atoms. The van der Waals surface area contributed by atoms with Gasteiger partial charge in [-0.2, -0.15) is 0 Å². The molecular weight excluding hydrogens is 276 g/mol. The first-order valence-electron chi connectivity index (χ1n) is 6.03. The van der Waals surface area contributed by atoms with E-state index >= 15 is 0 Å². The second-order valence-electron chi connectivity index (χ2n) is 4.35. The smallest absolute Gasteiger partial charge is 0.354 e. The minimum atomic E-state index is -1.11. The molecule has 1 heterocycles. The first-order valence-corrected chi connectivity index (χ1v) is 6.03. The van der Waals surface area contributed by atoms with Gasteiger partial charge in [0.05, 0.1) is 4.92 Å². The van der Waals surface area contributed by atoms with E-state index in [-0.39, 0.29) is 18.0 Å². The number of rotatable bonds is 5.